The molecule has 0 fully saturated rings. The smallest absolute Gasteiger partial charge is 0.128 e. The van der Waals surface area contributed by atoms with Crippen molar-refractivity contribution in [2.45, 2.75) is 19.3 Å². The Morgan fingerprint density at radius 2 is 1.80 bits per heavy atom. The number of hydrogen-bond acceptors (Lipinski definition) is 2. The van der Waals surface area contributed by atoms with E-state index in [1.165, 1.54) is 0 Å². The molecule has 2 nitrogen and oxygen atoms in total. The minimum Gasteiger partial charge on any atom is -0.507 e. The van der Waals surface area contributed by atoms with Crippen LogP contribution in [-0.4, -0.2) is 18.4 Å². The zero-order chi connectivity index (χ0) is 14.8. The first-order valence-electron chi connectivity index (χ1n) is 6.47. The maximum Gasteiger partial charge on any atom is 0.128 e. The summed E-state index contributed by atoms with van der Waals surface area (Å²) in [6, 6.07) is 13.6. The van der Waals surface area contributed by atoms with Crippen LogP contribution in [0.3, 0.4) is 0 Å². The van der Waals surface area contributed by atoms with Gasteiger partial charge in [0.05, 0.1) is 0 Å². The van der Waals surface area contributed by atoms with E-state index in [4.69, 9.17) is 11.6 Å². The van der Waals surface area contributed by atoms with Crippen molar-refractivity contribution in [1.29, 1.82) is 0 Å². The molecule has 0 aromatic heterocycles. The monoisotopic (exact) mass is 287 g/mol. The predicted molar refractivity (Wildman–Crippen MR) is 85.2 cm³/mol. The summed E-state index contributed by atoms with van der Waals surface area (Å²) in [6.07, 6.45) is 1.62. The van der Waals surface area contributed by atoms with Gasteiger partial charge in [0.2, 0.25) is 0 Å². The lowest BCUT2D eigenvalue weighted by Crippen LogP contribution is -2.19. The minimum absolute atomic E-state index is 0.230. The molecule has 0 aliphatic carbocycles. The third-order valence-electron chi connectivity index (χ3n) is 3.54. The van der Waals surface area contributed by atoms with Crippen LogP contribution in [0, 0.1) is 0 Å². The maximum atomic E-state index is 10.5. The Kier molecular flexibility index (Phi) is 4.15. The fourth-order valence-corrected chi connectivity index (χ4v) is 2.57. The fourth-order valence-electron chi connectivity index (χ4n) is 2.34. The molecule has 20 heavy (non-hydrogen) atoms. The van der Waals surface area contributed by atoms with E-state index in [9.17, 15) is 5.11 Å². The Bertz CT molecular complexity index is 633. The zero-order valence-electron chi connectivity index (χ0n) is 11.9. The van der Waals surface area contributed by atoms with Gasteiger partial charge >= 0.3 is 0 Å². The van der Waals surface area contributed by atoms with E-state index in [0.717, 1.165) is 11.1 Å². The van der Waals surface area contributed by atoms with Gasteiger partial charge < -0.3 is 5.11 Å². The van der Waals surface area contributed by atoms with Crippen molar-refractivity contribution >= 4 is 17.8 Å². The molecule has 3 heteroatoms. The second-order valence-electron chi connectivity index (χ2n) is 5.27. The Balaban J connectivity index is 2.63. The average molecular weight is 288 g/mol. The van der Waals surface area contributed by atoms with Crippen LogP contribution in [0.15, 0.2) is 47.5 Å². The van der Waals surface area contributed by atoms with Crippen LogP contribution < -0.4 is 0 Å². The van der Waals surface area contributed by atoms with Crippen molar-refractivity contribution in [3.8, 4) is 5.75 Å². The van der Waals surface area contributed by atoms with E-state index >= 15 is 0 Å². The third-order valence-corrected chi connectivity index (χ3v) is 3.76. The summed E-state index contributed by atoms with van der Waals surface area (Å²) in [6.45, 7) is 4.14. The highest BCUT2D eigenvalue weighted by molar-refractivity contribution is 6.31. The van der Waals surface area contributed by atoms with E-state index in [1.54, 1.807) is 19.3 Å². The van der Waals surface area contributed by atoms with Crippen molar-refractivity contribution in [2.75, 3.05) is 7.05 Å². The number of aromatic hydroxyl groups is 1. The molecule has 0 radical (unpaired) electrons. The maximum absolute atomic E-state index is 10.5. The fraction of sp³-hybridized carbons (Fsp3) is 0.235. The van der Waals surface area contributed by atoms with Gasteiger partial charge in [-0.3, -0.25) is 4.99 Å². The molecule has 2 aromatic carbocycles. The Morgan fingerprint density at radius 1 is 1.15 bits per heavy atom. The molecule has 0 heterocycles. The third kappa shape index (κ3) is 2.70. The van der Waals surface area contributed by atoms with Crippen molar-refractivity contribution in [3.63, 3.8) is 0 Å². The summed E-state index contributed by atoms with van der Waals surface area (Å²) in [4.78, 5) is 3.96. The van der Waals surface area contributed by atoms with Crippen molar-refractivity contribution in [3.05, 3.63) is 64.2 Å². The molecule has 2 aromatic rings. The molecule has 104 valence electrons. The highest BCUT2D eigenvalue weighted by atomic mass is 35.5. The van der Waals surface area contributed by atoms with Crippen LogP contribution >= 0.6 is 11.6 Å². The standard InChI is InChI=1S/C17H18ClNO/c1-17(2,13-7-5-4-6-8-13)15-10-14(18)9-12(11-19-3)16(15)20/h4-11,20H,1-3H3/b19-11+. The van der Waals surface area contributed by atoms with Gasteiger partial charge in [-0.25, -0.2) is 0 Å². The normalized spacial score (nSPS) is 12.0. The predicted octanol–water partition coefficient (Wildman–Crippen LogP) is 4.42. The Morgan fingerprint density at radius 3 is 2.40 bits per heavy atom. The number of rotatable bonds is 3. The molecule has 0 spiro atoms. The quantitative estimate of drug-likeness (QED) is 0.833. The van der Waals surface area contributed by atoms with Crippen LogP contribution in [0.25, 0.3) is 0 Å². The number of benzene rings is 2. The van der Waals surface area contributed by atoms with Crippen molar-refractivity contribution in [1.82, 2.24) is 0 Å². The summed E-state index contributed by atoms with van der Waals surface area (Å²) in [5.74, 6) is 0.230. The number of phenols is 1. The van der Waals surface area contributed by atoms with Crippen LogP contribution in [0.4, 0.5) is 0 Å². The average Bonchev–Trinajstić information content (AvgIpc) is 2.43. The SMILES string of the molecule is C/N=C/c1cc(Cl)cc(C(C)(C)c2ccccc2)c1O. The van der Waals surface area contributed by atoms with E-state index in [-0.39, 0.29) is 11.2 Å². The number of phenolic OH excluding ortho intramolecular Hbond substituents is 1. The first-order chi connectivity index (χ1) is 9.46. The van der Waals surface area contributed by atoms with Gasteiger partial charge in [0, 0.05) is 34.8 Å². The molecule has 0 atom stereocenters. The summed E-state index contributed by atoms with van der Waals surface area (Å²) < 4.78 is 0. The molecule has 0 aliphatic rings. The number of hydrogen-bond donors (Lipinski definition) is 1. The van der Waals surface area contributed by atoms with Gasteiger partial charge in [0.25, 0.3) is 0 Å². The molecular formula is C17H18ClNO. The van der Waals surface area contributed by atoms with E-state index in [1.807, 2.05) is 36.4 Å². The van der Waals surface area contributed by atoms with Gasteiger partial charge in [-0.1, -0.05) is 55.8 Å². The summed E-state index contributed by atoms with van der Waals surface area (Å²) in [5, 5.41) is 11.1. The number of aliphatic imine (C=N–C) groups is 1. The molecule has 0 aliphatic heterocycles. The lowest BCUT2D eigenvalue weighted by atomic mass is 9.77. The van der Waals surface area contributed by atoms with E-state index in [0.29, 0.717) is 10.6 Å². The zero-order valence-corrected chi connectivity index (χ0v) is 12.6. The van der Waals surface area contributed by atoms with Gasteiger partial charge in [-0.2, -0.15) is 0 Å². The highest BCUT2D eigenvalue weighted by Crippen LogP contribution is 2.39. The Labute approximate surface area is 124 Å². The van der Waals surface area contributed by atoms with Crippen LogP contribution in [0.2, 0.25) is 5.02 Å². The number of nitrogens with zero attached hydrogens (tertiary/aromatic N) is 1. The second kappa shape index (κ2) is 5.68. The molecule has 0 saturated heterocycles. The van der Waals surface area contributed by atoms with Crippen LogP contribution in [0.1, 0.15) is 30.5 Å². The van der Waals surface area contributed by atoms with Crippen molar-refractivity contribution < 1.29 is 5.11 Å². The topological polar surface area (TPSA) is 32.6 Å². The first kappa shape index (κ1) is 14.6. The first-order valence-corrected chi connectivity index (χ1v) is 6.85. The number of halogens is 1. The molecule has 0 unspecified atom stereocenters. The molecular weight excluding hydrogens is 270 g/mol. The molecule has 1 N–H and O–H groups in total. The summed E-state index contributed by atoms with van der Waals surface area (Å²) >= 11 is 6.18. The van der Waals surface area contributed by atoms with Crippen molar-refractivity contribution in [2.24, 2.45) is 4.99 Å². The lowest BCUT2D eigenvalue weighted by molar-refractivity contribution is 0.452. The molecule has 2 rings (SSSR count). The summed E-state index contributed by atoms with van der Waals surface area (Å²) in [5.41, 5.74) is 2.22. The highest BCUT2D eigenvalue weighted by Gasteiger charge is 2.27. The van der Waals surface area contributed by atoms with E-state index < -0.39 is 0 Å². The van der Waals surface area contributed by atoms with E-state index in [2.05, 4.69) is 18.8 Å². The molecule has 0 bridgehead atoms. The lowest BCUT2D eigenvalue weighted by Gasteiger charge is -2.27. The van der Waals surface area contributed by atoms with Crippen LogP contribution in [0.5, 0.6) is 5.75 Å². The molecule has 0 amide bonds. The van der Waals surface area contributed by atoms with Gasteiger partial charge in [-0.05, 0) is 17.7 Å². The minimum atomic E-state index is -0.341. The Hall–Kier alpha value is -1.80. The summed E-state index contributed by atoms with van der Waals surface area (Å²) in [7, 11) is 1.67. The second-order valence-corrected chi connectivity index (χ2v) is 5.71. The molecule has 0 saturated carbocycles. The largest absolute Gasteiger partial charge is 0.507 e. The van der Waals surface area contributed by atoms with Gasteiger partial charge in [0.1, 0.15) is 5.75 Å². The van der Waals surface area contributed by atoms with Gasteiger partial charge in [0.15, 0.2) is 0 Å². The van der Waals surface area contributed by atoms with Crippen LogP contribution in [-0.2, 0) is 5.41 Å². The van der Waals surface area contributed by atoms with Gasteiger partial charge in [-0.15, -0.1) is 0 Å².